The molecule has 0 saturated carbocycles. The van der Waals surface area contributed by atoms with E-state index in [0.29, 0.717) is 11.4 Å². The molecular weight excluding hydrogens is 271 g/mol. The molecule has 0 radical (unpaired) electrons. The highest BCUT2D eigenvalue weighted by Gasteiger charge is 2.02. The molecule has 0 aliphatic carbocycles. The van der Waals surface area contributed by atoms with Crippen LogP contribution in [0.15, 0.2) is 42.5 Å². The Morgan fingerprint density at radius 1 is 0.833 bits per heavy atom. The van der Waals surface area contributed by atoms with E-state index in [1.54, 1.807) is 7.11 Å². The van der Waals surface area contributed by atoms with Gasteiger partial charge in [0.05, 0.1) is 12.8 Å². The van der Waals surface area contributed by atoms with E-state index in [4.69, 9.17) is 16.2 Å². The summed E-state index contributed by atoms with van der Waals surface area (Å²) in [6.45, 7) is 0. The van der Waals surface area contributed by atoms with Crippen molar-refractivity contribution >= 4 is 36.2 Å². The highest BCUT2D eigenvalue weighted by molar-refractivity contribution is 5.85. The molecule has 0 amide bonds. The molecule has 98 valence electrons. The molecular formula is C13H16Cl2N2O. The third-order valence-corrected chi connectivity index (χ3v) is 2.48. The number of anilines is 2. The predicted molar refractivity (Wildman–Crippen MR) is 81.8 cm³/mol. The maximum absolute atomic E-state index is 5.76. The molecule has 2 aromatic carbocycles. The molecule has 0 unspecified atom stereocenters. The van der Waals surface area contributed by atoms with E-state index in [1.807, 2.05) is 42.5 Å². The Labute approximate surface area is 119 Å². The van der Waals surface area contributed by atoms with Crippen LogP contribution in [0.3, 0.4) is 0 Å². The third-order valence-electron chi connectivity index (χ3n) is 2.48. The summed E-state index contributed by atoms with van der Waals surface area (Å²) in [6.07, 6.45) is 0. The minimum Gasteiger partial charge on any atom is -0.495 e. The van der Waals surface area contributed by atoms with Gasteiger partial charge < -0.3 is 16.2 Å². The Bertz CT molecular complexity index is 501. The van der Waals surface area contributed by atoms with E-state index in [0.717, 1.165) is 16.8 Å². The standard InChI is InChI=1S/C13H14N2O.2ClH/c1-16-13-8-10(4-7-12(13)15)9-2-5-11(14)6-3-9;;/h2-8H,14-15H2,1H3;2*1H. The Hall–Kier alpha value is -1.58. The second kappa shape index (κ2) is 6.99. The third kappa shape index (κ3) is 3.45. The van der Waals surface area contributed by atoms with Crippen LogP contribution in [0.5, 0.6) is 5.75 Å². The van der Waals surface area contributed by atoms with E-state index < -0.39 is 0 Å². The smallest absolute Gasteiger partial charge is 0.142 e. The first kappa shape index (κ1) is 16.4. The van der Waals surface area contributed by atoms with Gasteiger partial charge in [0.2, 0.25) is 0 Å². The van der Waals surface area contributed by atoms with Crippen LogP contribution in [0.25, 0.3) is 11.1 Å². The van der Waals surface area contributed by atoms with Gasteiger partial charge in [-0.15, -0.1) is 24.8 Å². The van der Waals surface area contributed by atoms with Crippen LogP contribution in [0.2, 0.25) is 0 Å². The minimum atomic E-state index is 0. The summed E-state index contributed by atoms with van der Waals surface area (Å²) in [6, 6.07) is 13.4. The summed E-state index contributed by atoms with van der Waals surface area (Å²) in [4.78, 5) is 0. The number of halogens is 2. The topological polar surface area (TPSA) is 61.3 Å². The zero-order chi connectivity index (χ0) is 11.5. The van der Waals surface area contributed by atoms with Gasteiger partial charge in [0.15, 0.2) is 0 Å². The van der Waals surface area contributed by atoms with Gasteiger partial charge >= 0.3 is 0 Å². The fourth-order valence-corrected chi connectivity index (χ4v) is 1.57. The number of nitrogen functional groups attached to an aromatic ring is 2. The monoisotopic (exact) mass is 286 g/mol. The first-order chi connectivity index (χ1) is 7.70. The lowest BCUT2D eigenvalue weighted by atomic mass is 10.0. The van der Waals surface area contributed by atoms with Gasteiger partial charge in [-0.3, -0.25) is 0 Å². The van der Waals surface area contributed by atoms with Crippen molar-refractivity contribution in [1.82, 2.24) is 0 Å². The predicted octanol–water partition coefficient (Wildman–Crippen LogP) is 3.37. The second-order valence-electron chi connectivity index (χ2n) is 3.58. The van der Waals surface area contributed by atoms with Crippen LogP contribution in [0.4, 0.5) is 11.4 Å². The zero-order valence-corrected chi connectivity index (χ0v) is 11.6. The number of benzene rings is 2. The molecule has 4 N–H and O–H groups in total. The molecule has 0 heterocycles. The van der Waals surface area contributed by atoms with Crippen LogP contribution >= 0.6 is 24.8 Å². The summed E-state index contributed by atoms with van der Waals surface area (Å²) in [5, 5.41) is 0. The molecule has 0 bridgehead atoms. The minimum absolute atomic E-state index is 0. The zero-order valence-electron chi connectivity index (χ0n) is 9.92. The van der Waals surface area contributed by atoms with E-state index in [1.165, 1.54) is 0 Å². The summed E-state index contributed by atoms with van der Waals surface area (Å²) in [5.74, 6) is 0.689. The van der Waals surface area contributed by atoms with Crippen molar-refractivity contribution in [3.8, 4) is 16.9 Å². The largest absolute Gasteiger partial charge is 0.495 e. The van der Waals surface area contributed by atoms with Crippen molar-refractivity contribution in [2.75, 3.05) is 18.6 Å². The molecule has 0 aromatic heterocycles. The molecule has 2 rings (SSSR count). The number of hydrogen-bond donors (Lipinski definition) is 2. The van der Waals surface area contributed by atoms with Crippen molar-refractivity contribution < 1.29 is 4.74 Å². The highest BCUT2D eigenvalue weighted by atomic mass is 35.5. The van der Waals surface area contributed by atoms with Gasteiger partial charge in [-0.2, -0.15) is 0 Å². The number of hydrogen-bond acceptors (Lipinski definition) is 3. The Morgan fingerprint density at radius 3 is 1.94 bits per heavy atom. The molecule has 0 saturated heterocycles. The summed E-state index contributed by atoms with van der Waals surface area (Å²) in [7, 11) is 1.61. The number of rotatable bonds is 2. The van der Waals surface area contributed by atoms with E-state index in [-0.39, 0.29) is 24.8 Å². The number of nitrogens with two attached hydrogens (primary N) is 2. The van der Waals surface area contributed by atoms with Gasteiger partial charge in [-0.05, 0) is 35.4 Å². The average molecular weight is 287 g/mol. The van der Waals surface area contributed by atoms with Gasteiger partial charge in [-0.1, -0.05) is 18.2 Å². The average Bonchev–Trinajstić information content (AvgIpc) is 2.31. The maximum Gasteiger partial charge on any atom is 0.142 e. The molecule has 2 aromatic rings. The molecule has 0 spiro atoms. The lowest BCUT2D eigenvalue weighted by Gasteiger charge is -2.07. The van der Waals surface area contributed by atoms with E-state index >= 15 is 0 Å². The molecule has 18 heavy (non-hydrogen) atoms. The van der Waals surface area contributed by atoms with Crippen LogP contribution in [-0.4, -0.2) is 7.11 Å². The molecule has 3 nitrogen and oxygen atoms in total. The molecule has 0 atom stereocenters. The number of methoxy groups -OCH3 is 1. The SMILES string of the molecule is COc1cc(-c2ccc(N)cc2)ccc1N.Cl.Cl. The van der Waals surface area contributed by atoms with Gasteiger partial charge in [0.25, 0.3) is 0 Å². The fraction of sp³-hybridized carbons (Fsp3) is 0.0769. The summed E-state index contributed by atoms with van der Waals surface area (Å²) < 4.78 is 5.18. The van der Waals surface area contributed by atoms with Crippen molar-refractivity contribution in [3.05, 3.63) is 42.5 Å². The van der Waals surface area contributed by atoms with Crippen molar-refractivity contribution in [2.24, 2.45) is 0 Å². The lowest BCUT2D eigenvalue weighted by molar-refractivity contribution is 0.417. The molecule has 0 aliphatic rings. The first-order valence-electron chi connectivity index (χ1n) is 5.00. The summed E-state index contributed by atoms with van der Waals surface area (Å²) >= 11 is 0. The molecule has 0 aliphatic heterocycles. The van der Waals surface area contributed by atoms with Crippen LogP contribution in [0.1, 0.15) is 0 Å². The van der Waals surface area contributed by atoms with Crippen molar-refractivity contribution in [1.29, 1.82) is 0 Å². The van der Waals surface area contributed by atoms with E-state index in [2.05, 4.69) is 0 Å². The molecule has 0 fully saturated rings. The Morgan fingerprint density at radius 2 is 1.39 bits per heavy atom. The molecule has 5 heteroatoms. The van der Waals surface area contributed by atoms with Crippen LogP contribution in [-0.2, 0) is 0 Å². The van der Waals surface area contributed by atoms with Crippen LogP contribution in [0, 0.1) is 0 Å². The Balaban J connectivity index is 0.00000144. The number of ether oxygens (including phenoxy) is 1. The van der Waals surface area contributed by atoms with E-state index in [9.17, 15) is 0 Å². The first-order valence-corrected chi connectivity index (χ1v) is 5.00. The maximum atomic E-state index is 5.76. The lowest BCUT2D eigenvalue weighted by Crippen LogP contribution is -1.92. The van der Waals surface area contributed by atoms with Gasteiger partial charge in [0.1, 0.15) is 5.75 Å². The van der Waals surface area contributed by atoms with Crippen LogP contribution < -0.4 is 16.2 Å². The normalized spacial score (nSPS) is 8.94. The second-order valence-corrected chi connectivity index (χ2v) is 3.58. The fourth-order valence-electron chi connectivity index (χ4n) is 1.57. The Kier molecular flexibility index (Phi) is 6.37. The highest BCUT2D eigenvalue weighted by Crippen LogP contribution is 2.28. The summed E-state index contributed by atoms with van der Waals surface area (Å²) in [5.41, 5.74) is 14.9. The van der Waals surface area contributed by atoms with Gasteiger partial charge in [0, 0.05) is 5.69 Å². The van der Waals surface area contributed by atoms with Crippen molar-refractivity contribution in [2.45, 2.75) is 0 Å². The van der Waals surface area contributed by atoms with Crippen molar-refractivity contribution in [3.63, 3.8) is 0 Å². The quantitative estimate of drug-likeness (QED) is 0.832. The van der Waals surface area contributed by atoms with Gasteiger partial charge in [-0.25, -0.2) is 0 Å².